The van der Waals surface area contributed by atoms with E-state index in [1.54, 1.807) is 46.8 Å². The number of nitrogens with one attached hydrogen (secondary N) is 12. The van der Waals surface area contributed by atoms with E-state index in [2.05, 4.69) is 73.4 Å². The van der Waals surface area contributed by atoms with Crippen LogP contribution in [0.25, 0.3) is 0 Å². The topological polar surface area (TPSA) is 609 Å². The lowest BCUT2D eigenvalue weighted by atomic mass is 9.98. The van der Waals surface area contributed by atoms with Crippen molar-refractivity contribution in [2.45, 2.75) is 198 Å². The number of para-hydroxylation sites is 1. The number of unbranched alkanes of at least 4 members (excludes halogenated alkanes) is 2. The summed E-state index contributed by atoms with van der Waals surface area (Å²) >= 11 is 0. The van der Waals surface area contributed by atoms with Crippen LogP contribution in [0.15, 0.2) is 66.0 Å². The Balaban J connectivity index is 1.93. The molecular weight excluding hydrogens is 1330 g/mol. The number of primary amides is 1. The van der Waals surface area contributed by atoms with Gasteiger partial charge in [-0.2, -0.15) is 0 Å². The molecule has 3 aromatic rings. The summed E-state index contributed by atoms with van der Waals surface area (Å²) in [6.07, 6.45) is 2.73. The number of aromatic nitrogens is 2. The molecule has 562 valence electrons. The summed E-state index contributed by atoms with van der Waals surface area (Å²) in [4.78, 5) is 200. The fraction of sp³-hybridized carbons (Fsp3) is 0.554. The molecule has 3 rings (SSSR count). The van der Waals surface area contributed by atoms with Crippen LogP contribution in [0, 0.1) is 22.0 Å². The number of aliphatic imine (C=N–C) groups is 1. The monoisotopic (exact) mass is 1430 g/mol. The number of aromatic amines is 1. The fourth-order valence-corrected chi connectivity index (χ4v) is 10.1. The molecular formula is C65H100N20O17. The molecule has 0 spiro atoms. The number of aliphatic carboxylic acids is 1. The van der Waals surface area contributed by atoms with Crippen LogP contribution in [-0.4, -0.2) is 194 Å². The smallest absolute Gasteiger partial charge is 0.303 e. The number of aliphatic hydroxyl groups excluding tert-OH is 1. The number of aliphatic hydroxyl groups is 1. The van der Waals surface area contributed by atoms with Gasteiger partial charge in [-0.1, -0.05) is 71.7 Å². The lowest BCUT2D eigenvalue weighted by molar-refractivity contribution is -0.384. The van der Waals surface area contributed by atoms with Crippen LogP contribution in [0.3, 0.4) is 0 Å². The first-order chi connectivity index (χ1) is 48.2. The number of carbonyl (C=O) groups is 13. The SMILES string of the molecule is CCCCC(NC(=O)C(C)NC(=O)C(CCC(=O)O)NC(=O)C(Cc1ccc([N+](=O)[O-])cc1)NC(=O)C(CC(C)C)NC(=O)C(NC(=O)C(CCCN=C(N)N)NC(=O)C(C)NC(=O)C(CCCCN)NC(=O)C(Cc1cnc[nH]1)NC(=O)c1ccccc1N)C(C)C)C(=O)NC(CO)C(N)=O. The van der Waals surface area contributed by atoms with E-state index in [4.69, 9.17) is 28.7 Å². The van der Waals surface area contributed by atoms with Crippen LogP contribution in [-0.2, 0) is 70.4 Å². The summed E-state index contributed by atoms with van der Waals surface area (Å²) < 4.78 is 0. The highest BCUT2D eigenvalue weighted by Gasteiger charge is 2.37. The van der Waals surface area contributed by atoms with Crippen LogP contribution in [0.2, 0.25) is 0 Å². The minimum Gasteiger partial charge on any atom is -0.481 e. The second-order valence-electron chi connectivity index (χ2n) is 25.2. The van der Waals surface area contributed by atoms with Gasteiger partial charge in [-0.05, 0) is 101 Å². The highest BCUT2D eigenvalue weighted by molar-refractivity contribution is 6.03. The molecule has 37 nitrogen and oxygen atoms in total. The fourth-order valence-electron chi connectivity index (χ4n) is 10.1. The third kappa shape index (κ3) is 29.9. The van der Waals surface area contributed by atoms with Gasteiger partial charge in [0.2, 0.25) is 65.0 Å². The molecule has 0 fully saturated rings. The number of hydrogen-bond acceptors (Lipinski definition) is 20. The van der Waals surface area contributed by atoms with E-state index in [9.17, 15) is 82.7 Å². The van der Waals surface area contributed by atoms with E-state index in [1.165, 1.54) is 50.6 Å². The number of nitrogens with two attached hydrogens (primary N) is 5. The van der Waals surface area contributed by atoms with Crippen molar-refractivity contribution in [1.82, 2.24) is 68.5 Å². The molecule has 0 radical (unpaired) electrons. The molecule has 1 heterocycles. The lowest BCUT2D eigenvalue weighted by Crippen LogP contribution is -2.61. The Kier molecular flexibility index (Phi) is 36.5. The maximum atomic E-state index is 14.7. The molecule has 11 atom stereocenters. The Morgan fingerprint density at radius 3 is 1.54 bits per heavy atom. The highest BCUT2D eigenvalue weighted by Crippen LogP contribution is 2.17. The number of benzene rings is 2. The normalized spacial score (nSPS) is 14.3. The number of hydrogen-bond donors (Lipinski definition) is 19. The molecule has 102 heavy (non-hydrogen) atoms. The minimum atomic E-state index is -1.73. The van der Waals surface area contributed by atoms with Crippen molar-refractivity contribution in [2.24, 2.45) is 39.8 Å². The van der Waals surface area contributed by atoms with Gasteiger partial charge in [0, 0.05) is 55.5 Å². The van der Waals surface area contributed by atoms with Crippen molar-refractivity contribution in [3.8, 4) is 0 Å². The van der Waals surface area contributed by atoms with Crippen molar-refractivity contribution in [3.05, 3.63) is 88.0 Å². The van der Waals surface area contributed by atoms with Crippen molar-refractivity contribution in [3.63, 3.8) is 0 Å². The summed E-state index contributed by atoms with van der Waals surface area (Å²) in [6, 6.07) is -4.92. The standard InChI is InChI=1S/C65H100N20O17/c1-8-9-17-43(59(95)83-50(32-86)53(68)89)76-54(90)37(7)75-58(94)46(24-25-51(87)88)79-62(98)48(29-38-20-22-40(23-21-38)85(101)102)81-61(97)47(28-34(2)3)82-64(100)52(35(4)5)84-60(96)45(19-14-27-72-65(69)70)77-55(91)36(6)74-57(93)44(18-12-13-26-66)78-63(99)49(30-39-31-71-33-73-39)80-56(92)41-15-10-11-16-42(41)67/h10-11,15-16,20-23,31,33-37,43-50,52,86H,8-9,12-14,17-19,24-30,32,66-67H2,1-7H3,(H2,68,89)(H,71,73)(H,74,93)(H,75,94)(H,76,90)(H,77,91)(H,78,99)(H,79,98)(H,80,92)(H,81,97)(H,82,100)(H,83,95)(H,84,96)(H,87,88)(H4,69,70,72). The molecule has 11 unspecified atom stereocenters. The number of nitrogen functional groups attached to an aromatic ring is 1. The van der Waals surface area contributed by atoms with E-state index < -0.39 is 180 Å². The largest absolute Gasteiger partial charge is 0.481 e. The van der Waals surface area contributed by atoms with E-state index >= 15 is 0 Å². The average molecular weight is 1430 g/mol. The van der Waals surface area contributed by atoms with Crippen molar-refractivity contribution in [1.29, 1.82) is 0 Å². The predicted molar refractivity (Wildman–Crippen MR) is 372 cm³/mol. The Morgan fingerprint density at radius 2 is 1.05 bits per heavy atom. The summed E-state index contributed by atoms with van der Waals surface area (Å²) in [5.41, 5.74) is 28.8. The Labute approximate surface area is 589 Å². The molecule has 0 saturated heterocycles. The molecule has 0 bridgehead atoms. The van der Waals surface area contributed by atoms with Gasteiger partial charge in [-0.3, -0.25) is 77.4 Å². The number of carbonyl (C=O) groups excluding carboxylic acids is 12. The number of carboxylic acids is 1. The zero-order valence-electron chi connectivity index (χ0n) is 58.3. The van der Waals surface area contributed by atoms with Gasteiger partial charge in [-0.25, -0.2) is 4.98 Å². The van der Waals surface area contributed by atoms with Gasteiger partial charge in [0.15, 0.2) is 5.96 Å². The van der Waals surface area contributed by atoms with Crippen LogP contribution >= 0.6 is 0 Å². The number of nitrogens with zero attached hydrogens (tertiary/aromatic N) is 3. The first kappa shape index (κ1) is 85.4. The zero-order chi connectivity index (χ0) is 76.3. The third-order valence-corrected chi connectivity index (χ3v) is 15.9. The first-order valence-corrected chi connectivity index (χ1v) is 33.5. The van der Waals surface area contributed by atoms with Gasteiger partial charge in [0.1, 0.15) is 66.5 Å². The number of non-ortho nitro benzene ring substituents is 1. The molecule has 12 amide bonds. The summed E-state index contributed by atoms with van der Waals surface area (Å²) in [7, 11) is 0. The first-order valence-electron chi connectivity index (χ1n) is 33.5. The Hall–Kier alpha value is -10.9. The number of amides is 12. The molecule has 1 aromatic heterocycles. The van der Waals surface area contributed by atoms with E-state index in [0.29, 0.717) is 31.4 Å². The number of nitro groups is 1. The summed E-state index contributed by atoms with van der Waals surface area (Å²) in [6.45, 7) is 10.3. The van der Waals surface area contributed by atoms with Crippen molar-refractivity contribution >= 4 is 94.2 Å². The molecule has 24 N–H and O–H groups in total. The van der Waals surface area contributed by atoms with Crippen LogP contribution in [0.4, 0.5) is 11.4 Å². The maximum absolute atomic E-state index is 14.7. The summed E-state index contributed by atoms with van der Waals surface area (Å²) in [5, 5.41) is 58.8. The zero-order valence-corrected chi connectivity index (χ0v) is 58.3. The Morgan fingerprint density at radius 1 is 0.569 bits per heavy atom. The average Bonchev–Trinajstić information content (AvgIpc) is 1.01. The molecule has 0 saturated carbocycles. The van der Waals surface area contributed by atoms with Crippen molar-refractivity contribution in [2.75, 3.05) is 25.4 Å². The number of imidazole rings is 1. The number of H-pyrrole nitrogens is 1. The maximum Gasteiger partial charge on any atom is 0.303 e. The Bertz CT molecular complexity index is 3370. The number of anilines is 1. The second-order valence-corrected chi connectivity index (χ2v) is 25.2. The van der Waals surface area contributed by atoms with Crippen LogP contribution in [0.1, 0.15) is 141 Å². The van der Waals surface area contributed by atoms with Crippen LogP contribution < -0.4 is 87.2 Å². The molecule has 0 aliphatic rings. The van der Waals surface area contributed by atoms with Gasteiger partial charge in [0.25, 0.3) is 11.6 Å². The number of rotatable bonds is 46. The quantitative estimate of drug-likeness (QED) is 0.00661. The number of guanidine groups is 1. The highest BCUT2D eigenvalue weighted by atomic mass is 16.6. The van der Waals surface area contributed by atoms with E-state index in [0.717, 1.165) is 12.1 Å². The van der Waals surface area contributed by atoms with Gasteiger partial charge < -0.3 is 102 Å². The second kappa shape index (κ2) is 43.6. The molecule has 2 aromatic carbocycles. The number of nitro benzene ring substituents is 1. The van der Waals surface area contributed by atoms with Crippen molar-refractivity contribution < 1.29 is 77.5 Å². The van der Waals surface area contributed by atoms with Gasteiger partial charge in [-0.15, -0.1) is 0 Å². The minimum absolute atomic E-state index is 0.0188. The van der Waals surface area contributed by atoms with Gasteiger partial charge in [0.05, 0.1) is 23.4 Å². The predicted octanol–water partition coefficient (Wildman–Crippen LogP) is -3.21. The van der Waals surface area contributed by atoms with E-state index in [1.807, 2.05) is 0 Å². The summed E-state index contributed by atoms with van der Waals surface area (Å²) in [5.74, 6) is -13.8. The molecule has 0 aliphatic carbocycles. The third-order valence-electron chi connectivity index (χ3n) is 15.9. The van der Waals surface area contributed by atoms with E-state index in [-0.39, 0.29) is 86.0 Å². The number of carboxylic acid groups (broad SMARTS) is 1. The van der Waals surface area contributed by atoms with Gasteiger partial charge >= 0.3 is 5.97 Å². The molecule has 0 aliphatic heterocycles. The lowest BCUT2D eigenvalue weighted by Gasteiger charge is -2.29. The molecule has 37 heteroatoms. The van der Waals surface area contributed by atoms with Crippen LogP contribution in [0.5, 0.6) is 0 Å².